The fourth-order valence-electron chi connectivity index (χ4n) is 5.85. The molecule has 6 rings (SSSR count). The number of nitriles is 1. The zero-order valence-electron chi connectivity index (χ0n) is 28.7. The molecule has 3 fully saturated rings. The summed E-state index contributed by atoms with van der Waals surface area (Å²) in [6.45, 7) is 2.56. The number of nitrogens with zero attached hydrogens (tertiary/aromatic N) is 6. The van der Waals surface area contributed by atoms with Crippen molar-refractivity contribution in [1.82, 2.24) is 29.5 Å². The van der Waals surface area contributed by atoms with E-state index in [9.17, 15) is 14.9 Å². The predicted octanol–water partition coefficient (Wildman–Crippen LogP) is 4.24. The van der Waals surface area contributed by atoms with E-state index in [1.54, 1.807) is 12.3 Å². The molecular formula is C29H41N7O10P2S2Si. The first-order valence-electron chi connectivity index (χ1n) is 16.3. The number of H-pyrrole nitrogens is 1. The SMILES string of the molecule is CC(C)(C)[Si](C)(C)O[C@H]1[C@H]2OP(O)(=S)OC[C@H]3C[C@@H](Oc4ccncn4)C[C@@H]3O[P@@](=S)(OCCC#N)OC[C@H]1O[C@H]2n1cnc2c(=O)[nH]cnc21. The molecule has 51 heavy (non-hydrogen) atoms. The molecule has 0 amide bonds. The van der Waals surface area contributed by atoms with Crippen LogP contribution in [0.15, 0.2) is 36.0 Å². The Hall–Kier alpha value is -2.08. The lowest BCUT2D eigenvalue weighted by Crippen LogP contribution is -2.50. The van der Waals surface area contributed by atoms with Gasteiger partial charge < -0.3 is 41.9 Å². The van der Waals surface area contributed by atoms with Gasteiger partial charge >= 0.3 is 13.4 Å². The van der Waals surface area contributed by atoms with E-state index in [1.165, 1.54) is 23.5 Å². The van der Waals surface area contributed by atoms with Gasteiger partial charge in [0.2, 0.25) is 5.88 Å². The van der Waals surface area contributed by atoms with Crippen LogP contribution in [0.2, 0.25) is 18.1 Å². The maximum Gasteiger partial charge on any atom is 0.327 e. The third kappa shape index (κ3) is 8.84. The van der Waals surface area contributed by atoms with E-state index in [4.69, 9.17) is 60.1 Å². The van der Waals surface area contributed by atoms with Crippen molar-refractivity contribution in [1.29, 1.82) is 5.26 Å². The van der Waals surface area contributed by atoms with Crippen molar-refractivity contribution < 1.29 is 41.4 Å². The number of ether oxygens (including phenoxy) is 2. The van der Waals surface area contributed by atoms with Crippen molar-refractivity contribution in [3.63, 3.8) is 0 Å². The molecule has 278 valence electrons. The summed E-state index contributed by atoms with van der Waals surface area (Å²) in [6, 6.07) is 3.70. The normalized spacial score (nSPS) is 33.5. The van der Waals surface area contributed by atoms with Crippen LogP contribution >= 0.6 is 13.4 Å². The van der Waals surface area contributed by atoms with Gasteiger partial charge in [0.05, 0.1) is 51.1 Å². The van der Waals surface area contributed by atoms with E-state index in [0.717, 1.165) is 0 Å². The molecule has 0 aromatic carbocycles. The molecule has 2 aliphatic heterocycles. The molecule has 2 N–H and O–H groups in total. The minimum absolute atomic E-state index is 0.0228. The average Bonchev–Trinajstić information content (AvgIpc) is 3.75. The average molecular weight is 802 g/mol. The molecule has 17 nitrogen and oxygen atoms in total. The van der Waals surface area contributed by atoms with E-state index in [1.807, 2.05) is 0 Å². The summed E-state index contributed by atoms with van der Waals surface area (Å²) in [5.41, 5.74) is -0.146. The van der Waals surface area contributed by atoms with Crippen LogP contribution in [0.5, 0.6) is 5.88 Å². The molecule has 1 saturated carbocycles. The zero-order chi connectivity index (χ0) is 36.6. The first-order chi connectivity index (χ1) is 24.1. The van der Waals surface area contributed by atoms with Gasteiger partial charge in [-0.2, -0.15) is 5.26 Å². The van der Waals surface area contributed by atoms with Crippen LogP contribution in [0.4, 0.5) is 0 Å². The molecule has 0 spiro atoms. The van der Waals surface area contributed by atoms with Crippen LogP contribution in [-0.2, 0) is 55.4 Å². The second-order valence-corrected chi connectivity index (χ2v) is 24.5. The third-order valence-corrected chi connectivity index (χ3v) is 17.8. The Morgan fingerprint density at radius 3 is 2.69 bits per heavy atom. The molecule has 3 aromatic heterocycles. The quantitative estimate of drug-likeness (QED) is 0.186. The molecule has 3 aromatic rings. The Morgan fingerprint density at radius 2 is 1.96 bits per heavy atom. The van der Waals surface area contributed by atoms with Crippen molar-refractivity contribution in [3.05, 3.63) is 41.6 Å². The highest BCUT2D eigenvalue weighted by Crippen LogP contribution is 2.57. The summed E-state index contributed by atoms with van der Waals surface area (Å²) in [7, 11) is -2.57. The summed E-state index contributed by atoms with van der Waals surface area (Å²) in [5.74, 6) is 0.00974. The summed E-state index contributed by atoms with van der Waals surface area (Å²) in [5, 5.41) is 9.02. The van der Waals surface area contributed by atoms with Crippen LogP contribution in [0, 0.1) is 17.2 Å². The summed E-state index contributed by atoms with van der Waals surface area (Å²) in [6.07, 6.45) is 1.69. The van der Waals surface area contributed by atoms with Crippen molar-refractivity contribution in [2.45, 2.75) is 94.9 Å². The molecule has 1 unspecified atom stereocenters. The Kier molecular flexibility index (Phi) is 11.6. The van der Waals surface area contributed by atoms with Gasteiger partial charge in [0.1, 0.15) is 30.7 Å². The highest BCUT2D eigenvalue weighted by molar-refractivity contribution is 8.07. The largest absolute Gasteiger partial charge is 0.474 e. The van der Waals surface area contributed by atoms with Gasteiger partial charge in [-0.1, -0.05) is 20.8 Å². The van der Waals surface area contributed by atoms with Gasteiger partial charge in [0.15, 0.2) is 25.7 Å². The number of aromatic nitrogens is 6. The predicted molar refractivity (Wildman–Crippen MR) is 192 cm³/mol. The number of rotatable bonds is 8. The molecule has 1 aliphatic carbocycles. The molecule has 3 aliphatic rings. The molecule has 9 atom stereocenters. The maximum absolute atomic E-state index is 12.6. The number of hydrogen-bond donors (Lipinski definition) is 2. The summed E-state index contributed by atoms with van der Waals surface area (Å²) < 4.78 is 52.6. The Morgan fingerprint density at radius 1 is 1.16 bits per heavy atom. The topological polar surface area (TPSA) is 207 Å². The van der Waals surface area contributed by atoms with Gasteiger partial charge in [-0.3, -0.25) is 13.9 Å². The summed E-state index contributed by atoms with van der Waals surface area (Å²) >= 11 is 11.6. The second kappa shape index (κ2) is 15.3. The molecule has 5 heterocycles. The van der Waals surface area contributed by atoms with Crippen LogP contribution in [0.1, 0.15) is 46.3 Å². The molecule has 0 radical (unpaired) electrons. The lowest BCUT2D eigenvalue weighted by molar-refractivity contribution is -0.0518. The van der Waals surface area contributed by atoms with E-state index < -0.39 is 58.0 Å². The fraction of sp³-hybridized carbons (Fsp3) is 0.655. The van der Waals surface area contributed by atoms with Gasteiger partial charge in [-0.05, 0) is 48.2 Å². The van der Waals surface area contributed by atoms with E-state index in [0.29, 0.717) is 18.7 Å². The van der Waals surface area contributed by atoms with Crippen LogP contribution in [0.25, 0.3) is 11.2 Å². The van der Waals surface area contributed by atoms with Crippen LogP contribution in [-0.4, -0.2) is 93.0 Å². The van der Waals surface area contributed by atoms with Crippen molar-refractivity contribution in [2.75, 3.05) is 19.8 Å². The van der Waals surface area contributed by atoms with E-state index in [2.05, 4.69) is 64.9 Å². The van der Waals surface area contributed by atoms with Gasteiger partial charge in [-0.15, -0.1) is 0 Å². The first kappa shape index (κ1) is 38.6. The fourth-order valence-corrected chi connectivity index (χ4v) is 10.8. The standard InChI is InChI=1S/C29H41N7O10P2S2Si/c1-29(2,3)51(4,5)46-24-21-14-41-48(50,39-10-6-8-30)44-20-12-19(42-22-7-9-31-15-32-22)11-18(20)13-40-47(38,49)45-25(24)28(43-21)36-17-35-23-26(36)33-16-34-27(23)37/h7,9,15-21,24-25,28H,6,10-14H2,1-5H3,(H,38,49)(H,33,34,37)/t18-,19-,20+,21-,24-,25-,28-,47?,48-/m1/s1. The molecule has 22 heteroatoms. The smallest absolute Gasteiger partial charge is 0.327 e. The van der Waals surface area contributed by atoms with Crippen LogP contribution in [0.3, 0.4) is 0 Å². The number of fused-ring (bicyclic) bond motifs is 4. The Labute approximate surface area is 305 Å². The van der Waals surface area contributed by atoms with Crippen molar-refractivity contribution in [2.24, 2.45) is 5.92 Å². The van der Waals surface area contributed by atoms with Crippen LogP contribution < -0.4 is 10.3 Å². The van der Waals surface area contributed by atoms with Crippen molar-refractivity contribution in [3.8, 4) is 11.9 Å². The number of aromatic amines is 1. The van der Waals surface area contributed by atoms with E-state index in [-0.39, 0.29) is 54.5 Å². The first-order valence-corrected chi connectivity index (χ1v) is 24.4. The number of imidazole rings is 1. The molecule has 2 saturated heterocycles. The summed E-state index contributed by atoms with van der Waals surface area (Å²) in [4.78, 5) is 43.5. The highest BCUT2D eigenvalue weighted by Gasteiger charge is 2.54. The minimum Gasteiger partial charge on any atom is -0.474 e. The van der Waals surface area contributed by atoms with Crippen molar-refractivity contribution >= 4 is 56.5 Å². The number of hydrogen-bond acceptors (Lipinski definition) is 16. The minimum atomic E-state index is -4.02. The second-order valence-electron chi connectivity index (χ2n) is 13.9. The maximum atomic E-state index is 12.6. The zero-order valence-corrected chi connectivity index (χ0v) is 33.1. The lowest BCUT2D eigenvalue weighted by Gasteiger charge is -2.41. The third-order valence-electron chi connectivity index (χ3n) is 9.42. The molecule has 2 bridgehead atoms. The molecular weight excluding hydrogens is 761 g/mol. The lowest BCUT2D eigenvalue weighted by atomic mass is 10.1. The monoisotopic (exact) mass is 801 g/mol. The number of nitrogens with one attached hydrogen (secondary N) is 1. The Bertz CT molecular complexity index is 1890. The van der Waals surface area contributed by atoms with E-state index >= 15 is 0 Å². The highest BCUT2D eigenvalue weighted by atomic mass is 32.5. The Balaban J connectivity index is 1.38. The van der Waals surface area contributed by atoms with Gasteiger partial charge in [-0.25, -0.2) is 19.9 Å². The van der Waals surface area contributed by atoms with Gasteiger partial charge in [0.25, 0.3) is 5.56 Å². The van der Waals surface area contributed by atoms with Gasteiger partial charge in [0, 0.05) is 24.6 Å².